The summed E-state index contributed by atoms with van der Waals surface area (Å²) >= 11 is 0. The summed E-state index contributed by atoms with van der Waals surface area (Å²) in [6, 6.07) is 10.9. The quantitative estimate of drug-likeness (QED) is 0.407. The molecule has 0 spiro atoms. The highest BCUT2D eigenvalue weighted by atomic mass is 16.2. The van der Waals surface area contributed by atoms with Crippen molar-refractivity contribution in [3.8, 4) is 0 Å². The van der Waals surface area contributed by atoms with E-state index in [1.165, 1.54) is 0 Å². The minimum absolute atomic E-state index is 0.381. The van der Waals surface area contributed by atoms with Crippen molar-refractivity contribution >= 4 is 22.6 Å². The molecule has 0 saturated carbocycles. The molecule has 2 amide bonds. The Balaban J connectivity index is 2.46. The third-order valence-electron chi connectivity index (χ3n) is 2.81. The van der Waals surface area contributed by atoms with Gasteiger partial charge in [0.05, 0.1) is 11.1 Å². The number of carbonyl (C=O) groups is 2. The van der Waals surface area contributed by atoms with Gasteiger partial charge in [0.15, 0.2) is 0 Å². The number of nitrogens with zero attached hydrogens (tertiary/aromatic N) is 1. The Morgan fingerprint density at radius 3 is 2.50 bits per heavy atom. The largest absolute Gasteiger partial charge is 0.276 e. The van der Waals surface area contributed by atoms with Crippen LogP contribution in [0.15, 0.2) is 36.4 Å². The summed E-state index contributed by atoms with van der Waals surface area (Å²) in [6.07, 6.45) is 0. The molecule has 3 rings (SSSR count). The maximum absolute atomic E-state index is 11.8. The first-order valence-electron chi connectivity index (χ1n) is 4.85. The van der Waals surface area contributed by atoms with Gasteiger partial charge in [0.1, 0.15) is 0 Å². The van der Waals surface area contributed by atoms with Gasteiger partial charge in [-0.2, -0.15) is 0 Å². The molecule has 2 aromatic rings. The topological polar surface area (TPSA) is 63.4 Å². The first kappa shape index (κ1) is 9.06. The van der Waals surface area contributed by atoms with E-state index in [2.05, 4.69) is 0 Å². The molecule has 0 bridgehead atoms. The normalized spacial score (nSPS) is 14.7. The van der Waals surface area contributed by atoms with Crippen LogP contribution in [0, 0.1) is 0 Å². The van der Waals surface area contributed by atoms with Crippen molar-refractivity contribution in [2.24, 2.45) is 5.84 Å². The summed E-state index contributed by atoms with van der Waals surface area (Å²) in [6.45, 7) is 0. The van der Waals surface area contributed by atoms with Crippen LogP contribution in [0.2, 0.25) is 0 Å². The van der Waals surface area contributed by atoms with Gasteiger partial charge in [0.25, 0.3) is 11.8 Å². The van der Waals surface area contributed by atoms with Crippen LogP contribution in [0.4, 0.5) is 0 Å². The van der Waals surface area contributed by atoms with Crippen molar-refractivity contribution in [3.05, 3.63) is 47.5 Å². The van der Waals surface area contributed by atoms with Gasteiger partial charge in [-0.15, -0.1) is 0 Å². The summed E-state index contributed by atoms with van der Waals surface area (Å²) in [7, 11) is 0. The molecule has 0 fully saturated rings. The van der Waals surface area contributed by atoms with Crippen molar-refractivity contribution in [2.75, 3.05) is 0 Å². The van der Waals surface area contributed by atoms with Gasteiger partial charge >= 0.3 is 0 Å². The fourth-order valence-electron chi connectivity index (χ4n) is 2.02. The standard InChI is InChI=1S/C12H8N2O2/c13-14-11(15)9-6-5-7-3-1-2-4-8(7)10(9)12(14)16/h1-6H,13H2. The molecule has 2 aromatic carbocycles. The predicted molar refractivity (Wildman–Crippen MR) is 58.6 cm³/mol. The van der Waals surface area contributed by atoms with Crippen LogP contribution in [0.3, 0.4) is 0 Å². The maximum atomic E-state index is 11.8. The minimum Gasteiger partial charge on any atom is -0.267 e. The number of hydrogen-bond donors (Lipinski definition) is 1. The molecule has 0 atom stereocenters. The summed E-state index contributed by atoms with van der Waals surface area (Å²) in [4.78, 5) is 23.4. The molecule has 2 N–H and O–H groups in total. The zero-order valence-electron chi connectivity index (χ0n) is 8.31. The smallest absolute Gasteiger partial charge is 0.267 e. The van der Waals surface area contributed by atoms with Crippen molar-refractivity contribution in [2.45, 2.75) is 0 Å². The number of rotatable bonds is 0. The number of nitrogens with two attached hydrogens (primary N) is 1. The summed E-state index contributed by atoms with van der Waals surface area (Å²) < 4.78 is 0. The zero-order chi connectivity index (χ0) is 11.3. The minimum atomic E-state index is -0.439. The first-order valence-corrected chi connectivity index (χ1v) is 4.85. The number of fused-ring (bicyclic) bond motifs is 3. The molecule has 0 aromatic heterocycles. The molecule has 1 aliphatic heterocycles. The average Bonchev–Trinajstić information content (AvgIpc) is 2.55. The number of hydrogen-bond acceptors (Lipinski definition) is 3. The van der Waals surface area contributed by atoms with Crippen molar-refractivity contribution in [1.82, 2.24) is 5.01 Å². The van der Waals surface area contributed by atoms with E-state index in [4.69, 9.17) is 5.84 Å². The first-order chi connectivity index (χ1) is 7.70. The van der Waals surface area contributed by atoms with Crippen LogP contribution in [0.1, 0.15) is 20.7 Å². The number of amides is 2. The van der Waals surface area contributed by atoms with E-state index in [-0.39, 0.29) is 0 Å². The average molecular weight is 212 g/mol. The maximum Gasteiger partial charge on any atom is 0.276 e. The highest BCUT2D eigenvalue weighted by molar-refractivity contribution is 6.26. The lowest BCUT2D eigenvalue weighted by Gasteiger charge is -2.03. The Hall–Kier alpha value is -2.20. The van der Waals surface area contributed by atoms with E-state index in [1.807, 2.05) is 30.3 Å². The third kappa shape index (κ3) is 0.963. The molecule has 16 heavy (non-hydrogen) atoms. The fourth-order valence-corrected chi connectivity index (χ4v) is 2.02. The second-order valence-corrected chi connectivity index (χ2v) is 3.69. The second-order valence-electron chi connectivity index (χ2n) is 3.69. The Bertz CT molecular complexity index is 634. The van der Waals surface area contributed by atoms with E-state index >= 15 is 0 Å². The van der Waals surface area contributed by atoms with Gasteiger partial charge in [-0.3, -0.25) is 9.59 Å². The number of benzene rings is 2. The van der Waals surface area contributed by atoms with Crippen LogP contribution >= 0.6 is 0 Å². The van der Waals surface area contributed by atoms with Gasteiger partial charge in [0, 0.05) is 0 Å². The van der Waals surface area contributed by atoms with Crippen LogP contribution in [0.5, 0.6) is 0 Å². The number of carbonyl (C=O) groups excluding carboxylic acids is 2. The van der Waals surface area contributed by atoms with E-state index in [0.29, 0.717) is 16.1 Å². The van der Waals surface area contributed by atoms with Crippen LogP contribution in [0.25, 0.3) is 10.8 Å². The molecule has 0 saturated heterocycles. The van der Waals surface area contributed by atoms with E-state index in [9.17, 15) is 9.59 Å². The zero-order valence-corrected chi connectivity index (χ0v) is 8.31. The van der Waals surface area contributed by atoms with Gasteiger partial charge < -0.3 is 0 Å². The molecular formula is C12H8N2O2. The van der Waals surface area contributed by atoms with Crippen molar-refractivity contribution < 1.29 is 9.59 Å². The predicted octanol–water partition coefficient (Wildman–Crippen LogP) is 1.31. The number of hydrazine groups is 1. The molecule has 1 aliphatic rings. The molecule has 0 aliphatic carbocycles. The molecule has 4 nitrogen and oxygen atoms in total. The van der Waals surface area contributed by atoms with Crippen LogP contribution < -0.4 is 5.84 Å². The molecule has 0 unspecified atom stereocenters. The van der Waals surface area contributed by atoms with E-state index in [0.717, 1.165) is 10.8 Å². The van der Waals surface area contributed by atoms with Crippen molar-refractivity contribution in [3.63, 3.8) is 0 Å². The van der Waals surface area contributed by atoms with E-state index in [1.54, 1.807) is 6.07 Å². The SMILES string of the molecule is NN1C(=O)c2ccc3ccccc3c2C1=O. The molecule has 1 heterocycles. The highest BCUT2D eigenvalue weighted by Crippen LogP contribution is 2.28. The molecule has 4 heteroatoms. The lowest BCUT2D eigenvalue weighted by molar-refractivity contribution is 0.0654. The van der Waals surface area contributed by atoms with Crippen LogP contribution in [-0.4, -0.2) is 16.8 Å². The van der Waals surface area contributed by atoms with Crippen LogP contribution in [-0.2, 0) is 0 Å². The Kier molecular flexibility index (Phi) is 1.64. The van der Waals surface area contributed by atoms with Gasteiger partial charge in [-0.1, -0.05) is 30.3 Å². The molecular weight excluding hydrogens is 204 g/mol. The highest BCUT2D eigenvalue weighted by Gasteiger charge is 2.34. The van der Waals surface area contributed by atoms with Gasteiger partial charge in [-0.25, -0.2) is 10.9 Å². The third-order valence-corrected chi connectivity index (χ3v) is 2.81. The van der Waals surface area contributed by atoms with Gasteiger partial charge in [-0.05, 0) is 16.8 Å². The Morgan fingerprint density at radius 1 is 0.938 bits per heavy atom. The molecule has 0 radical (unpaired) electrons. The Labute approximate surface area is 91.2 Å². The second kappa shape index (κ2) is 2.90. The van der Waals surface area contributed by atoms with Crippen molar-refractivity contribution in [1.29, 1.82) is 0 Å². The Morgan fingerprint density at radius 2 is 1.69 bits per heavy atom. The van der Waals surface area contributed by atoms with E-state index < -0.39 is 11.8 Å². The lowest BCUT2D eigenvalue weighted by Crippen LogP contribution is -2.36. The fraction of sp³-hybridized carbons (Fsp3) is 0. The molecule has 78 valence electrons. The monoisotopic (exact) mass is 212 g/mol. The summed E-state index contributed by atoms with van der Waals surface area (Å²) in [5.41, 5.74) is 0.789. The summed E-state index contributed by atoms with van der Waals surface area (Å²) in [5.74, 6) is 4.52. The number of imide groups is 1. The summed E-state index contributed by atoms with van der Waals surface area (Å²) in [5, 5.41) is 2.36. The van der Waals surface area contributed by atoms with Gasteiger partial charge in [0.2, 0.25) is 0 Å². The lowest BCUT2D eigenvalue weighted by atomic mass is 10.0.